The molecule has 0 bridgehead atoms. The third-order valence-corrected chi connectivity index (χ3v) is 4.53. The summed E-state index contributed by atoms with van der Waals surface area (Å²) in [6.45, 7) is 2.69. The number of hydrogen-bond acceptors (Lipinski definition) is 5. The first-order valence-corrected chi connectivity index (χ1v) is 8.57. The molecule has 142 valence electrons. The maximum atomic E-state index is 10.9. The zero-order valence-electron chi connectivity index (χ0n) is 14.7. The minimum atomic E-state index is -0.557. The van der Waals surface area contributed by atoms with Crippen molar-refractivity contribution in [3.63, 3.8) is 0 Å². The Kier molecular flexibility index (Phi) is 9.35. The van der Waals surface area contributed by atoms with Crippen molar-refractivity contribution in [2.45, 2.75) is 31.8 Å². The molecule has 1 fully saturated rings. The number of benzene rings is 1. The maximum Gasteiger partial charge on any atom is 0.255 e. The summed E-state index contributed by atoms with van der Waals surface area (Å²) in [7, 11) is 3.68. The minimum Gasteiger partial charge on any atom is -0.493 e. The number of carbonyl (C=O) groups excluding carboxylic acids is 1. The summed E-state index contributed by atoms with van der Waals surface area (Å²) in [4.78, 5) is 13.2. The molecule has 3 N–H and O–H groups in total. The van der Waals surface area contributed by atoms with Gasteiger partial charge in [-0.3, -0.25) is 9.69 Å². The largest absolute Gasteiger partial charge is 0.493 e. The molecule has 2 rings (SSSR count). The molecule has 1 amide bonds. The van der Waals surface area contributed by atoms with E-state index in [2.05, 4.69) is 17.3 Å². The summed E-state index contributed by atoms with van der Waals surface area (Å²) in [6, 6.07) is 4.30. The SMILES string of the molecule is COc1cc(CN(C)C2CCCNCC2)cc(Cl)c1OCC(N)=O.Cl. The van der Waals surface area contributed by atoms with E-state index in [0.29, 0.717) is 22.6 Å². The Morgan fingerprint density at radius 2 is 2.16 bits per heavy atom. The topological polar surface area (TPSA) is 76.8 Å². The fourth-order valence-electron chi connectivity index (χ4n) is 3.01. The second kappa shape index (κ2) is 10.7. The molecule has 8 heteroatoms. The minimum absolute atomic E-state index is 0. The quantitative estimate of drug-likeness (QED) is 0.744. The lowest BCUT2D eigenvalue weighted by atomic mass is 10.1. The van der Waals surface area contributed by atoms with Crippen LogP contribution < -0.4 is 20.5 Å². The number of halogens is 2. The maximum absolute atomic E-state index is 10.9. The Morgan fingerprint density at radius 3 is 2.84 bits per heavy atom. The fraction of sp³-hybridized carbons (Fsp3) is 0.588. The van der Waals surface area contributed by atoms with Crippen LogP contribution in [0, 0.1) is 0 Å². The van der Waals surface area contributed by atoms with Crippen molar-refractivity contribution in [2.24, 2.45) is 5.73 Å². The van der Waals surface area contributed by atoms with Gasteiger partial charge < -0.3 is 20.5 Å². The average Bonchev–Trinajstić information content (AvgIpc) is 2.82. The lowest BCUT2D eigenvalue weighted by Crippen LogP contribution is -2.32. The Bertz CT molecular complexity index is 564. The van der Waals surface area contributed by atoms with Gasteiger partial charge in [0.2, 0.25) is 0 Å². The third kappa shape index (κ3) is 6.55. The predicted molar refractivity (Wildman–Crippen MR) is 102 cm³/mol. The summed E-state index contributed by atoms with van der Waals surface area (Å²) in [5, 5.41) is 3.85. The highest BCUT2D eigenvalue weighted by Crippen LogP contribution is 2.36. The van der Waals surface area contributed by atoms with Crippen LogP contribution in [0.15, 0.2) is 12.1 Å². The molecule has 1 aromatic rings. The number of ether oxygens (including phenoxy) is 2. The second-order valence-corrected chi connectivity index (χ2v) is 6.52. The first-order chi connectivity index (χ1) is 11.5. The molecular weight excluding hydrogens is 365 g/mol. The van der Waals surface area contributed by atoms with Crippen LogP contribution >= 0.6 is 24.0 Å². The van der Waals surface area contributed by atoms with Gasteiger partial charge in [0, 0.05) is 12.6 Å². The van der Waals surface area contributed by atoms with Gasteiger partial charge in [-0.1, -0.05) is 11.6 Å². The molecule has 0 aromatic heterocycles. The van der Waals surface area contributed by atoms with Gasteiger partial charge in [0.15, 0.2) is 18.1 Å². The average molecular weight is 392 g/mol. The molecule has 1 aliphatic heterocycles. The van der Waals surface area contributed by atoms with E-state index < -0.39 is 5.91 Å². The van der Waals surface area contributed by atoms with Crippen LogP contribution in [-0.4, -0.2) is 50.7 Å². The van der Waals surface area contributed by atoms with Gasteiger partial charge in [-0.25, -0.2) is 0 Å². The van der Waals surface area contributed by atoms with Crippen LogP contribution in [0.2, 0.25) is 5.02 Å². The molecular formula is C17H27Cl2N3O3. The first-order valence-electron chi connectivity index (χ1n) is 8.19. The van der Waals surface area contributed by atoms with Crippen LogP contribution in [0.5, 0.6) is 11.5 Å². The number of primary amides is 1. The highest BCUT2D eigenvalue weighted by molar-refractivity contribution is 6.32. The van der Waals surface area contributed by atoms with Crippen molar-refractivity contribution in [1.29, 1.82) is 0 Å². The molecule has 0 aliphatic carbocycles. The van der Waals surface area contributed by atoms with Crippen molar-refractivity contribution in [2.75, 3.05) is 33.9 Å². The lowest BCUT2D eigenvalue weighted by Gasteiger charge is -2.27. The van der Waals surface area contributed by atoms with Crippen LogP contribution in [0.3, 0.4) is 0 Å². The van der Waals surface area contributed by atoms with Gasteiger partial charge in [0.1, 0.15) is 0 Å². The molecule has 1 saturated heterocycles. The molecule has 1 heterocycles. The normalized spacial score (nSPS) is 17.5. The van der Waals surface area contributed by atoms with Crippen molar-refractivity contribution < 1.29 is 14.3 Å². The summed E-state index contributed by atoms with van der Waals surface area (Å²) in [5.74, 6) is 0.302. The molecule has 1 unspecified atom stereocenters. The number of rotatable bonds is 7. The monoisotopic (exact) mass is 391 g/mol. The van der Waals surface area contributed by atoms with Gasteiger partial charge in [-0.05, 0) is 57.1 Å². The number of carbonyl (C=O) groups is 1. The van der Waals surface area contributed by atoms with Crippen molar-refractivity contribution in [3.05, 3.63) is 22.7 Å². The summed E-state index contributed by atoms with van der Waals surface area (Å²) in [6.07, 6.45) is 3.52. The molecule has 6 nitrogen and oxygen atoms in total. The molecule has 25 heavy (non-hydrogen) atoms. The number of amides is 1. The Balaban J connectivity index is 0.00000312. The highest BCUT2D eigenvalue weighted by atomic mass is 35.5. The number of hydrogen-bond donors (Lipinski definition) is 2. The standard InChI is InChI=1S/C17H26ClN3O3.ClH/c1-21(13-4-3-6-20-7-5-13)10-12-8-14(18)17(15(9-12)23-2)24-11-16(19)22;/h8-9,13,20H,3-7,10-11H2,1-2H3,(H2,19,22);1H. The van der Waals surface area contributed by atoms with Gasteiger partial charge in [0.25, 0.3) is 5.91 Å². The van der Waals surface area contributed by atoms with E-state index in [9.17, 15) is 4.79 Å². The Morgan fingerprint density at radius 1 is 1.40 bits per heavy atom. The summed E-state index contributed by atoms with van der Waals surface area (Å²) >= 11 is 6.31. The lowest BCUT2D eigenvalue weighted by molar-refractivity contribution is -0.119. The van der Waals surface area contributed by atoms with E-state index >= 15 is 0 Å². The third-order valence-electron chi connectivity index (χ3n) is 4.25. The zero-order valence-corrected chi connectivity index (χ0v) is 16.3. The van der Waals surface area contributed by atoms with Crippen LogP contribution in [-0.2, 0) is 11.3 Å². The van der Waals surface area contributed by atoms with Crippen LogP contribution in [0.1, 0.15) is 24.8 Å². The van der Waals surface area contributed by atoms with Gasteiger partial charge in [0.05, 0.1) is 12.1 Å². The first kappa shape index (κ1) is 21.8. The molecule has 0 radical (unpaired) electrons. The van der Waals surface area contributed by atoms with Gasteiger partial charge >= 0.3 is 0 Å². The van der Waals surface area contributed by atoms with Gasteiger partial charge in [-0.2, -0.15) is 0 Å². The zero-order chi connectivity index (χ0) is 17.5. The highest BCUT2D eigenvalue weighted by Gasteiger charge is 2.19. The van der Waals surface area contributed by atoms with Gasteiger partial charge in [-0.15, -0.1) is 12.4 Å². The second-order valence-electron chi connectivity index (χ2n) is 6.11. The number of nitrogens with zero attached hydrogens (tertiary/aromatic N) is 1. The number of methoxy groups -OCH3 is 1. The predicted octanol–water partition coefficient (Wildman–Crippen LogP) is 2.21. The van der Waals surface area contributed by atoms with E-state index in [1.807, 2.05) is 12.1 Å². The summed E-state index contributed by atoms with van der Waals surface area (Å²) < 4.78 is 10.7. The van der Waals surface area contributed by atoms with Crippen LogP contribution in [0.25, 0.3) is 0 Å². The molecule has 1 aliphatic rings. The molecule has 0 spiro atoms. The van der Waals surface area contributed by atoms with E-state index in [1.165, 1.54) is 12.8 Å². The van der Waals surface area contributed by atoms with E-state index in [4.69, 9.17) is 26.8 Å². The van der Waals surface area contributed by atoms with E-state index in [1.54, 1.807) is 7.11 Å². The van der Waals surface area contributed by atoms with Crippen LogP contribution in [0.4, 0.5) is 0 Å². The summed E-state index contributed by atoms with van der Waals surface area (Å²) in [5.41, 5.74) is 6.16. The van der Waals surface area contributed by atoms with Crippen molar-refractivity contribution in [1.82, 2.24) is 10.2 Å². The fourth-order valence-corrected chi connectivity index (χ4v) is 3.29. The Labute approximate surface area is 160 Å². The van der Waals surface area contributed by atoms with Crippen molar-refractivity contribution in [3.8, 4) is 11.5 Å². The number of nitrogens with one attached hydrogen (secondary N) is 1. The van der Waals surface area contributed by atoms with E-state index in [0.717, 1.165) is 31.6 Å². The van der Waals surface area contributed by atoms with E-state index in [-0.39, 0.29) is 19.0 Å². The molecule has 1 atom stereocenters. The van der Waals surface area contributed by atoms with Crippen molar-refractivity contribution >= 4 is 29.9 Å². The molecule has 0 saturated carbocycles. The Hall–Kier alpha value is -1.21. The molecule has 1 aromatic carbocycles. The number of nitrogens with two attached hydrogens (primary N) is 1. The smallest absolute Gasteiger partial charge is 0.255 e.